The van der Waals surface area contributed by atoms with Crippen LogP contribution in [0.5, 0.6) is 0 Å². The van der Waals surface area contributed by atoms with E-state index in [1.165, 1.54) is 0 Å². The van der Waals surface area contributed by atoms with Crippen LogP contribution in [0.3, 0.4) is 0 Å². The first-order valence-corrected chi connectivity index (χ1v) is 5.94. The zero-order chi connectivity index (χ0) is 13.1. The van der Waals surface area contributed by atoms with Crippen molar-refractivity contribution >= 4 is 23.3 Å². The molecule has 0 aliphatic carbocycles. The lowest BCUT2D eigenvalue weighted by atomic mass is 9.89. The number of hydrogen-bond acceptors (Lipinski definition) is 2. The summed E-state index contributed by atoms with van der Waals surface area (Å²) < 4.78 is 0. The van der Waals surface area contributed by atoms with Crippen molar-refractivity contribution in [3.63, 3.8) is 0 Å². The fourth-order valence-electron chi connectivity index (χ4n) is 1.40. The highest BCUT2D eigenvalue weighted by atomic mass is 35.5. The second-order valence-corrected chi connectivity index (χ2v) is 5.26. The summed E-state index contributed by atoms with van der Waals surface area (Å²) in [4.78, 5) is 10.9. The van der Waals surface area contributed by atoms with Crippen molar-refractivity contribution in [2.45, 2.75) is 27.2 Å². The van der Waals surface area contributed by atoms with Gasteiger partial charge in [-0.15, -0.1) is 0 Å². The average Bonchev–Trinajstić information content (AvgIpc) is 2.22. The monoisotopic (exact) mass is 255 g/mol. The van der Waals surface area contributed by atoms with Crippen molar-refractivity contribution < 1.29 is 9.90 Å². The highest BCUT2D eigenvalue weighted by molar-refractivity contribution is 6.30. The van der Waals surface area contributed by atoms with Gasteiger partial charge in [0.05, 0.1) is 5.41 Å². The highest BCUT2D eigenvalue weighted by Gasteiger charge is 2.26. The van der Waals surface area contributed by atoms with E-state index >= 15 is 0 Å². The van der Waals surface area contributed by atoms with E-state index in [0.717, 1.165) is 11.3 Å². The molecule has 3 nitrogen and oxygen atoms in total. The predicted molar refractivity (Wildman–Crippen MR) is 70.7 cm³/mol. The fourth-order valence-corrected chi connectivity index (χ4v) is 1.57. The molecule has 4 heteroatoms. The van der Waals surface area contributed by atoms with Crippen molar-refractivity contribution in [3.05, 3.63) is 28.8 Å². The van der Waals surface area contributed by atoms with Crippen LogP contribution in [0.15, 0.2) is 18.2 Å². The van der Waals surface area contributed by atoms with Crippen LogP contribution in [-0.4, -0.2) is 17.6 Å². The summed E-state index contributed by atoms with van der Waals surface area (Å²) in [6.45, 7) is 6.05. The molecule has 0 fully saturated rings. The van der Waals surface area contributed by atoms with E-state index in [-0.39, 0.29) is 0 Å². The first-order chi connectivity index (χ1) is 7.83. The van der Waals surface area contributed by atoms with E-state index in [4.69, 9.17) is 16.7 Å². The Hall–Kier alpha value is -1.22. The molecule has 0 amide bonds. The quantitative estimate of drug-likeness (QED) is 0.846. The second kappa shape index (κ2) is 5.41. The van der Waals surface area contributed by atoms with Crippen molar-refractivity contribution in [1.29, 1.82) is 0 Å². The van der Waals surface area contributed by atoms with Crippen LogP contribution >= 0.6 is 11.6 Å². The molecule has 0 saturated heterocycles. The number of rotatable bonds is 5. The number of aliphatic carboxylic acids is 1. The number of anilines is 1. The Morgan fingerprint density at radius 1 is 1.47 bits per heavy atom. The molecule has 0 aliphatic rings. The molecule has 0 heterocycles. The Bertz CT molecular complexity index is 416. The largest absolute Gasteiger partial charge is 0.481 e. The Labute approximate surface area is 107 Å². The van der Waals surface area contributed by atoms with Gasteiger partial charge in [0.25, 0.3) is 0 Å². The third kappa shape index (κ3) is 3.93. The maximum atomic E-state index is 10.9. The van der Waals surface area contributed by atoms with Gasteiger partial charge in [0, 0.05) is 17.3 Å². The lowest BCUT2D eigenvalue weighted by Crippen LogP contribution is -2.26. The van der Waals surface area contributed by atoms with Gasteiger partial charge in [-0.3, -0.25) is 4.79 Å². The van der Waals surface area contributed by atoms with Crippen LogP contribution in [0.4, 0.5) is 5.69 Å². The topological polar surface area (TPSA) is 49.3 Å². The van der Waals surface area contributed by atoms with E-state index < -0.39 is 11.4 Å². The van der Waals surface area contributed by atoms with Gasteiger partial charge < -0.3 is 10.4 Å². The highest BCUT2D eigenvalue weighted by Crippen LogP contribution is 2.23. The lowest BCUT2D eigenvalue weighted by Gasteiger charge is -2.19. The van der Waals surface area contributed by atoms with Gasteiger partial charge in [-0.1, -0.05) is 17.7 Å². The molecule has 1 aromatic rings. The maximum Gasteiger partial charge on any atom is 0.309 e. The van der Waals surface area contributed by atoms with Gasteiger partial charge in [0.1, 0.15) is 0 Å². The molecule has 0 atom stereocenters. The summed E-state index contributed by atoms with van der Waals surface area (Å²) >= 11 is 5.90. The number of nitrogens with one attached hydrogen (secondary N) is 1. The van der Waals surface area contributed by atoms with Gasteiger partial charge in [-0.25, -0.2) is 0 Å². The van der Waals surface area contributed by atoms with Crippen LogP contribution in [0, 0.1) is 12.3 Å². The summed E-state index contributed by atoms with van der Waals surface area (Å²) in [5.74, 6) is -0.776. The molecule has 1 aromatic carbocycles. The molecular weight excluding hydrogens is 238 g/mol. The average molecular weight is 256 g/mol. The van der Waals surface area contributed by atoms with E-state index in [9.17, 15) is 4.79 Å². The van der Waals surface area contributed by atoms with Crippen LogP contribution in [0.2, 0.25) is 5.02 Å². The molecular formula is C13H18ClNO2. The molecule has 1 rings (SSSR count). The number of carboxylic acids is 1. The smallest absolute Gasteiger partial charge is 0.309 e. The molecule has 94 valence electrons. The number of aryl methyl sites for hydroxylation is 1. The molecule has 0 bridgehead atoms. The van der Waals surface area contributed by atoms with Gasteiger partial charge >= 0.3 is 5.97 Å². The van der Waals surface area contributed by atoms with E-state index in [0.29, 0.717) is 18.0 Å². The molecule has 0 spiro atoms. The van der Waals surface area contributed by atoms with Crippen LogP contribution in [0.25, 0.3) is 0 Å². The van der Waals surface area contributed by atoms with Gasteiger partial charge in [0.2, 0.25) is 0 Å². The van der Waals surface area contributed by atoms with Gasteiger partial charge in [-0.2, -0.15) is 0 Å². The first kappa shape index (κ1) is 13.8. The zero-order valence-corrected chi connectivity index (χ0v) is 11.1. The summed E-state index contributed by atoms with van der Waals surface area (Å²) in [7, 11) is 0. The minimum Gasteiger partial charge on any atom is -0.481 e. The Morgan fingerprint density at radius 3 is 2.71 bits per heavy atom. The van der Waals surface area contributed by atoms with Crippen molar-refractivity contribution in [1.82, 2.24) is 0 Å². The van der Waals surface area contributed by atoms with Gasteiger partial charge in [0.15, 0.2) is 0 Å². The Kier molecular flexibility index (Phi) is 4.40. The fraction of sp³-hybridized carbons (Fsp3) is 0.462. The normalized spacial score (nSPS) is 11.3. The Morgan fingerprint density at radius 2 is 2.12 bits per heavy atom. The second-order valence-electron chi connectivity index (χ2n) is 4.83. The van der Waals surface area contributed by atoms with Gasteiger partial charge in [-0.05, 0) is 44.9 Å². The molecule has 0 radical (unpaired) electrons. The first-order valence-electron chi connectivity index (χ1n) is 5.56. The predicted octanol–water partition coefficient (Wildman–Crippen LogP) is 3.56. The van der Waals surface area contributed by atoms with E-state index in [1.54, 1.807) is 13.8 Å². The molecule has 0 unspecified atom stereocenters. The minimum absolute atomic E-state index is 0.564. The van der Waals surface area contributed by atoms with Crippen LogP contribution in [-0.2, 0) is 4.79 Å². The third-order valence-electron chi connectivity index (χ3n) is 2.84. The van der Waals surface area contributed by atoms with E-state index in [1.807, 2.05) is 25.1 Å². The summed E-state index contributed by atoms with van der Waals surface area (Å²) in [6.07, 6.45) is 0.564. The number of halogens is 1. The third-order valence-corrected chi connectivity index (χ3v) is 3.08. The summed E-state index contributed by atoms with van der Waals surface area (Å²) in [5.41, 5.74) is 1.35. The molecule has 0 aliphatic heterocycles. The van der Waals surface area contributed by atoms with E-state index in [2.05, 4.69) is 5.32 Å². The standard InChI is InChI=1S/C13H18ClNO2/c1-9-4-5-10(14)8-11(9)15-7-6-13(2,3)12(16)17/h4-5,8,15H,6-7H2,1-3H3,(H,16,17). The number of carbonyl (C=O) groups is 1. The lowest BCUT2D eigenvalue weighted by molar-refractivity contribution is -0.147. The van der Waals surface area contributed by atoms with Crippen molar-refractivity contribution in [3.8, 4) is 0 Å². The molecule has 0 saturated carbocycles. The SMILES string of the molecule is Cc1ccc(Cl)cc1NCCC(C)(C)C(=O)O. The Balaban J connectivity index is 2.57. The summed E-state index contributed by atoms with van der Waals surface area (Å²) in [5, 5.41) is 12.9. The number of carboxylic acid groups (broad SMARTS) is 1. The number of benzene rings is 1. The minimum atomic E-state index is -0.776. The molecule has 2 N–H and O–H groups in total. The summed E-state index contributed by atoms with van der Waals surface area (Å²) in [6, 6.07) is 5.63. The van der Waals surface area contributed by atoms with Crippen molar-refractivity contribution in [2.24, 2.45) is 5.41 Å². The zero-order valence-electron chi connectivity index (χ0n) is 10.4. The van der Waals surface area contributed by atoms with Crippen molar-refractivity contribution in [2.75, 3.05) is 11.9 Å². The van der Waals surface area contributed by atoms with Crippen LogP contribution in [0.1, 0.15) is 25.8 Å². The number of hydrogen-bond donors (Lipinski definition) is 2. The maximum absolute atomic E-state index is 10.9. The molecule has 0 aromatic heterocycles. The molecule has 17 heavy (non-hydrogen) atoms. The van der Waals surface area contributed by atoms with Crippen LogP contribution < -0.4 is 5.32 Å².